The molecule has 14 heteroatoms. The Labute approximate surface area is 293 Å². The minimum Gasteiger partial charge on any atom is -0.409 e. The van der Waals surface area contributed by atoms with E-state index < -0.39 is 28.2 Å². The molecule has 3 amide bonds. The van der Waals surface area contributed by atoms with Gasteiger partial charge in [-0.15, -0.1) is 11.3 Å². The highest BCUT2D eigenvalue weighted by Crippen LogP contribution is 2.29. The first-order chi connectivity index (χ1) is 23.0. The number of para-hydroxylation sites is 1. The van der Waals surface area contributed by atoms with Crippen molar-refractivity contribution >= 4 is 50.9 Å². The normalized spacial score (nSPS) is 20.9. The number of hydrogen-bond donors (Lipinski definition) is 2. The molecular formula is C34H48ClN5O6S2. The van der Waals surface area contributed by atoms with Crippen LogP contribution in [0, 0.1) is 11.8 Å². The van der Waals surface area contributed by atoms with Crippen molar-refractivity contribution in [2.75, 3.05) is 38.5 Å². The van der Waals surface area contributed by atoms with Gasteiger partial charge in [0.05, 0.1) is 29.9 Å². The number of carbonyl (C=O) groups excluding carboxylic acids is 3. The predicted octanol–water partition coefficient (Wildman–Crippen LogP) is 4.72. The third-order valence-corrected chi connectivity index (χ3v) is 12.9. The molecule has 0 bridgehead atoms. The highest BCUT2D eigenvalue weighted by Gasteiger charge is 2.43. The third kappa shape index (κ3) is 9.50. The Morgan fingerprint density at radius 3 is 2.38 bits per heavy atom. The number of halogens is 1. The lowest BCUT2D eigenvalue weighted by atomic mass is 9.86. The first-order valence-corrected chi connectivity index (χ1v) is 19.9. The van der Waals surface area contributed by atoms with Gasteiger partial charge in [-0.05, 0) is 61.1 Å². The fourth-order valence-corrected chi connectivity index (χ4v) is 9.59. The van der Waals surface area contributed by atoms with Gasteiger partial charge in [0.2, 0.25) is 21.8 Å². The van der Waals surface area contributed by atoms with E-state index in [4.69, 9.17) is 16.3 Å². The summed E-state index contributed by atoms with van der Waals surface area (Å²) in [5, 5.41) is 8.90. The predicted molar refractivity (Wildman–Crippen MR) is 187 cm³/mol. The highest BCUT2D eigenvalue weighted by molar-refractivity contribution is 7.89. The molecule has 1 aliphatic carbocycles. The average Bonchev–Trinajstić information content (AvgIpc) is 3.60. The molecule has 11 nitrogen and oxygen atoms in total. The van der Waals surface area contributed by atoms with E-state index in [2.05, 4.69) is 10.6 Å². The molecule has 0 radical (unpaired) electrons. The van der Waals surface area contributed by atoms with Crippen LogP contribution < -0.4 is 15.4 Å². The summed E-state index contributed by atoms with van der Waals surface area (Å²) in [6.07, 6.45) is 5.74. The maximum absolute atomic E-state index is 14.7. The zero-order valence-corrected chi connectivity index (χ0v) is 30.2. The number of hydrogen-bond acceptors (Lipinski definition) is 8. The summed E-state index contributed by atoms with van der Waals surface area (Å²) in [6.45, 7) is 5.14. The zero-order valence-electron chi connectivity index (χ0n) is 27.8. The number of ether oxygens (including phenoxy) is 1. The summed E-state index contributed by atoms with van der Waals surface area (Å²) in [4.78, 5) is 45.8. The maximum atomic E-state index is 14.7. The number of sulfonamides is 1. The van der Waals surface area contributed by atoms with Gasteiger partial charge in [-0.1, -0.05) is 62.9 Å². The number of carbonyl (C=O) groups is 3. The topological polar surface area (TPSA) is 128 Å². The van der Waals surface area contributed by atoms with Gasteiger partial charge in [0, 0.05) is 37.1 Å². The molecule has 2 saturated heterocycles. The summed E-state index contributed by atoms with van der Waals surface area (Å²) in [7, 11) is -3.38. The lowest BCUT2D eigenvalue weighted by Gasteiger charge is -2.44. The SMILES string of the molecule is CC(C)CS(=O)(=O)N1CCC([C@@H](NC2CCCCC2)C(=O)N2CCN(C(=O)Oc3ccccc3Cl)C[C@H]2C(=O)NCc2cccs2)CC1. The third-order valence-electron chi connectivity index (χ3n) is 9.47. The number of nitrogens with one attached hydrogen (secondary N) is 2. The van der Waals surface area contributed by atoms with Gasteiger partial charge in [-0.3, -0.25) is 9.59 Å². The van der Waals surface area contributed by atoms with Gasteiger partial charge in [-0.2, -0.15) is 0 Å². The minimum absolute atomic E-state index is 0.0264. The zero-order chi connectivity index (χ0) is 34.3. The van der Waals surface area contributed by atoms with E-state index in [1.165, 1.54) is 22.7 Å². The van der Waals surface area contributed by atoms with Crippen LogP contribution in [-0.4, -0.2) is 97.0 Å². The van der Waals surface area contributed by atoms with Crippen LogP contribution in [0.4, 0.5) is 4.79 Å². The van der Waals surface area contributed by atoms with Gasteiger partial charge in [0.15, 0.2) is 5.75 Å². The molecule has 2 aliphatic heterocycles. The molecule has 2 N–H and O–H groups in total. The molecule has 3 fully saturated rings. The van der Waals surface area contributed by atoms with E-state index in [0.29, 0.717) is 37.5 Å². The Morgan fingerprint density at radius 1 is 0.979 bits per heavy atom. The number of piperidine rings is 1. The van der Waals surface area contributed by atoms with E-state index in [-0.39, 0.29) is 60.8 Å². The Morgan fingerprint density at radius 2 is 1.71 bits per heavy atom. The monoisotopic (exact) mass is 721 g/mol. The molecule has 3 aliphatic rings. The number of amides is 3. The molecule has 1 aromatic carbocycles. The van der Waals surface area contributed by atoms with Crippen molar-refractivity contribution in [3.63, 3.8) is 0 Å². The van der Waals surface area contributed by atoms with Crippen molar-refractivity contribution in [3.05, 3.63) is 51.7 Å². The second kappa shape index (κ2) is 16.8. The largest absolute Gasteiger partial charge is 0.415 e. The van der Waals surface area contributed by atoms with E-state index in [9.17, 15) is 22.8 Å². The van der Waals surface area contributed by atoms with Crippen LogP contribution in [0.15, 0.2) is 41.8 Å². The number of benzene rings is 1. The summed E-state index contributed by atoms with van der Waals surface area (Å²) in [5.41, 5.74) is 0. The van der Waals surface area contributed by atoms with Crippen molar-refractivity contribution in [2.45, 2.75) is 83.5 Å². The van der Waals surface area contributed by atoms with Crippen LogP contribution >= 0.6 is 22.9 Å². The summed E-state index contributed by atoms with van der Waals surface area (Å²) in [5.74, 6) is -0.273. The second-order valence-corrected chi connectivity index (χ2v) is 16.9. The summed E-state index contributed by atoms with van der Waals surface area (Å²) < 4.78 is 33.1. The van der Waals surface area contributed by atoms with E-state index in [1.54, 1.807) is 33.5 Å². The Balaban J connectivity index is 1.35. The Hall–Kier alpha value is -2.71. The molecule has 3 heterocycles. The van der Waals surface area contributed by atoms with Gasteiger partial charge in [0.25, 0.3) is 0 Å². The van der Waals surface area contributed by atoms with Crippen LogP contribution in [0.1, 0.15) is 63.7 Å². The molecule has 0 unspecified atom stereocenters. The molecule has 5 rings (SSSR count). The van der Waals surface area contributed by atoms with Crippen LogP contribution in [0.25, 0.3) is 0 Å². The van der Waals surface area contributed by atoms with E-state index >= 15 is 0 Å². The van der Waals surface area contributed by atoms with Crippen LogP contribution in [0.5, 0.6) is 5.75 Å². The minimum atomic E-state index is -3.38. The quantitative estimate of drug-likeness (QED) is 0.344. The van der Waals surface area contributed by atoms with Crippen LogP contribution in [0.3, 0.4) is 0 Å². The molecular weight excluding hydrogens is 674 g/mol. The van der Waals surface area contributed by atoms with Gasteiger partial charge >= 0.3 is 6.09 Å². The van der Waals surface area contributed by atoms with Gasteiger partial charge in [-0.25, -0.2) is 17.5 Å². The highest BCUT2D eigenvalue weighted by atomic mass is 35.5. The molecule has 264 valence electrons. The van der Waals surface area contributed by atoms with Crippen molar-refractivity contribution in [3.8, 4) is 5.75 Å². The fourth-order valence-electron chi connectivity index (χ4n) is 6.95. The number of piperazine rings is 1. The average molecular weight is 722 g/mol. The number of rotatable bonds is 11. The molecule has 48 heavy (non-hydrogen) atoms. The Kier molecular flexibility index (Phi) is 12.8. The summed E-state index contributed by atoms with van der Waals surface area (Å²) in [6, 6.07) is 9.20. The second-order valence-electron chi connectivity index (χ2n) is 13.5. The van der Waals surface area contributed by atoms with Crippen molar-refractivity contribution < 1.29 is 27.5 Å². The van der Waals surface area contributed by atoms with Crippen molar-refractivity contribution in [1.29, 1.82) is 0 Å². The number of thiophene rings is 1. The number of nitrogens with zero attached hydrogens (tertiary/aromatic N) is 3. The van der Waals surface area contributed by atoms with E-state index in [1.807, 2.05) is 31.4 Å². The first kappa shape index (κ1) is 36.6. The maximum Gasteiger partial charge on any atom is 0.415 e. The fraction of sp³-hybridized carbons (Fsp3) is 0.618. The lowest BCUT2D eigenvalue weighted by molar-refractivity contribution is -0.146. The summed E-state index contributed by atoms with van der Waals surface area (Å²) >= 11 is 7.76. The van der Waals surface area contributed by atoms with E-state index in [0.717, 1.165) is 30.6 Å². The standard InChI is InChI=1S/C34H48ClN5O6S2/c1-24(2)23-48(44,45)39-16-14-25(15-17-39)31(37-26-9-4-3-5-10-26)33(42)40-19-18-38(34(43)46-30-13-7-6-12-28(30)35)22-29(40)32(41)36-21-27-11-8-20-47-27/h6-8,11-13,20,24-26,29,31,37H,3-5,9-10,14-19,21-23H2,1-2H3,(H,36,41)/t29-,31+/m0/s1. The molecule has 0 spiro atoms. The van der Waals surface area contributed by atoms with Crippen molar-refractivity contribution in [1.82, 2.24) is 24.7 Å². The lowest BCUT2D eigenvalue weighted by Crippen LogP contribution is -2.66. The van der Waals surface area contributed by atoms with Gasteiger partial charge in [0.1, 0.15) is 6.04 Å². The molecule has 2 aromatic rings. The van der Waals surface area contributed by atoms with Crippen molar-refractivity contribution in [2.24, 2.45) is 11.8 Å². The van der Waals surface area contributed by atoms with Crippen LogP contribution in [-0.2, 0) is 26.2 Å². The molecule has 1 saturated carbocycles. The molecule has 2 atom stereocenters. The molecule has 1 aromatic heterocycles. The van der Waals surface area contributed by atoms with Crippen LogP contribution in [0.2, 0.25) is 5.02 Å². The van der Waals surface area contributed by atoms with Gasteiger partial charge < -0.3 is 25.2 Å². The smallest absolute Gasteiger partial charge is 0.409 e. The first-order valence-electron chi connectivity index (χ1n) is 17.1. The Bertz CT molecular complexity index is 1490.